The van der Waals surface area contributed by atoms with Crippen LogP contribution in [0.2, 0.25) is 0 Å². The lowest BCUT2D eigenvalue weighted by Gasteiger charge is -2.10. The van der Waals surface area contributed by atoms with E-state index in [2.05, 4.69) is 25.8 Å². The number of fused-ring (bicyclic) bond motifs is 3. The highest BCUT2D eigenvalue weighted by atomic mass is 16.3. The zero-order valence-corrected chi connectivity index (χ0v) is 13.9. The molecule has 0 atom stereocenters. The van der Waals surface area contributed by atoms with Gasteiger partial charge in [-0.1, -0.05) is 18.2 Å². The van der Waals surface area contributed by atoms with E-state index in [-0.39, 0.29) is 0 Å². The lowest BCUT2D eigenvalue weighted by atomic mass is 10.2. The molecule has 0 aliphatic carbocycles. The van der Waals surface area contributed by atoms with Crippen molar-refractivity contribution in [3.8, 4) is 11.6 Å². The van der Waals surface area contributed by atoms with Gasteiger partial charge < -0.3 is 15.1 Å². The summed E-state index contributed by atoms with van der Waals surface area (Å²) in [4.78, 5) is 9.30. The van der Waals surface area contributed by atoms with Crippen LogP contribution in [-0.4, -0.2) is 40.3 Å². The van der Waals surface area contributed by atoms with Crippen molar-refractivity contribution in [2.75, 3.05) is 25.5 Å². The third-order valence-electron chi connectivity index (χ3n) is 3.94. The van der Waals surface area contributed by atoms with Crippen molar-refractivity contribution in [1.29, 1.82) is 0 Å². The van der Waals surface area contributed by atoms with Crippen LogP contribution in [0.25, 0.3) is 33.5 Å². The summed E-state index contributed by atoms with van der Waals surface area (Å²) in [5, 5.41) is 16.1. The SMILES string of the molecule is CNCCCNc1nc(-c2ccco2)nc2c1nnc1ccccc12. The second-order valence-corrected chi connectivity index (χ2v) is 5.67. The number of nitrogens with one attached hydrogen (secondary N) is 2. The van der Waals surface area contributed by atoms with Crippen molar-refractivity contribution in [2.45, 2.75) is 6.42 Å². The Morgan fingerprint density at radius 1 is 0.960 bits per heavy atom. The molecule has 7 heteroatoms. The highest BCUT2D eigenvalue weighted by molar-refractivity contribution is 6.04. The van der Waals surface area contributed by atoms with E-state index in [0.29, 0.717) is 22.9 Å². The number of benzene rings is 1. The first-order valence-electron chi connectivity index (χ1n) is 8.22. The molecule has 1 aromatic carbocycles. The van der Waals surface area contributed by atoms with E-state index in [4.69, 9.17) is 9.40 Å². The second-order valence-electron chi connectivity index (χ2n) is 5.67. The minimum atomic E-state index is 0.534. The molecule has 126 valence electrons. The summed E-state index contributed by atoms with van der Waals surface area (Å²) in [5.74, 6) is 1.83. The maximum atomic E-state index is 5.48. The molecule has 0 radical (unpaired) electrons. The van der Waals surface area contributed by atoms with Gasteiger partial charge >= 0.3 is 0 Å². The van der Waals surface area contributed by atoms with Crippen LogP contribution in [0.1, 0.15) is 6.42 Å². The van der Waals surface area contributed by atoms with E-state index in [0.717, 1.165) is 35.9 Å². The third kappa shape index (κ3) is 3.01. The van der Waals surface area contributed by atoms with Crippen molar-refractivity contribution >= 4 is 27.8 Å². The number of hydrogen-bond donors (Lipinski definition) is 2. The van der Waals surface area contributed by atoms with Gasteiger partial charge in [0.15, 0.2) is 22.9 Å². The molecule has 2 N–H and O–H groups in total. The largest absolute Gasteiger partial charge is 0.461 e. The first-order valence-corrected chi connectivity index (χ1v) is 8.22. The Morgan fingerprint density at radius 3 is 2.72 bits per heavy atom. The summed E-state index contributed by atoms with van der Waals surface area (Å²) in [6, 6.07) is 11.5. The normalized spacial score (nSPS) is 11.2. The molecule has 0 fully saturated rings. The molecule has 4 rings (SSSR count). The highest BCUT2D eigenvalue weighted by Gasteiger charge is 2.15. The van der Waals surface area contributed by atoms with Gasteiger partial charge in [0.25, 0.3) is 0 Å². The summed E-state index contributed by atoms with van der Waals surface area (Å²) in [7, 11) is 1.94. The fourth-order valence-electron chi connectivity index (χ4n) is 2.71. The first kappa shape index (κ1) is 15.5. The number of rotatable bonds is 6. The van der Waals surface area contributed by atoms with E-state index in [1.807, 2.05) is 43.4 Å². The molecule has 0 aliphatic heterocycles. The minimum Gasteiger partial charge on any atom is -0.461 e. The summed E-state index contributed by atoms with van der Waals surface area (Å²) in [5.41, 5.74) is 2.24. The van der Waals surface area contributed by atoms with Crippen LogP contribution in [0.15, 0.2) is 47.1 Å². The third-order valence-corrected chi connectivity index (χ3v) is 3.94. The number of furan rings is 1. The molecule has 0 saturated heterocycles. The predicted molar refractivity (Wildman–Crippen MR) is 97.4 cm³/mol. The van der Waals surface area contributed by atoms with Crippen molar-refractivity contribution in [3.05, 3.63) is 42.7 Å². The number of anilines is 1. The summed E-state index contributed by atoms with van der Waals surface area (Å²) >= 11 is 0. The Hall–Kier alpha value is -3.06. The van der Waals surface area contributed by atoms with Gasteiger partial charge in [-0.2, -0.15) is 0 Å². The zero-order valence-electron chi connectivity index (χ0n) is 13.9. The van der Waals surface area contributed by atoms with Crippen LogP contribution in [0.3, 0.4) is 0 Å². The lowest BCUT2D eigenvalue weighted by molar-refractivity contribution is 0.577. The molecule has 0 unspecified atom stereocenters. The monoisotopic (exact) mass is 334 g/mol. The van der Waals surface area contributed by atoms with Gasteiger partial charge in [0, 0.05) is 11.9 Å². The Kier molecular flexibility index (Phi) is 4.22. The highest BCUT2D eigenvalue weighted by Crippen LogP contribution is 2.27. The molecule has 0 spiro atoms. The summed E-state index contributed by atoms with van der Waals surface area (Å²) in [6.07, 6.45) is 2.59. The second kappa shape index (κ2) is 6.82. The number of hydrogen-bond acceptors (Lipinski definition) is 7. The average molecular weight is 334 g/mol. The molecule has 3 aromatic heterocycles. The predicted octanol–water partition coefficient (Wildman–Crippen LogP) is 2.85. The Bertz CT molecular complexity index is 999. The van der Waals surface area contributed by atoms with Crippen molar-refractivity contribution in [1.82, 2.24) is 25.5 Å². The van der Waals surface area contributed by atoms with Crippen LogP contribution in [0.4, 0.5) is 5.82 Å². The minimum absolute atomic E-state index is 0.534. The zero-order chi connectivity index (χ0) is 17.1. The van der Waals surface area contributed by atoms with Gasteiger partial charge in [-0.05, 0) is 38.2 Å². The smallest absolute Gasteiger partial charge is 0.198 e. The van der Waals surface area contributed by atoms with Crippen molar-refractivity contribution < 1.29 is 4.42 Å². The molecular weight excluding hydrogens is 316 g/mol. The molecule has 0 aliphatic rings. The van der Waals surface area contributed by atoms with Crippen LogP contribution in [0.5, 0.6) is 0 Å². The van der Waals surface area contributed by atoms with Gasteiger partial charge in [0.05, 0.1) is 11.8 Å². The van der Waals surface area contributed by atoms with Gasteiger partial charge in [0.2, 0.25) is 0 Å². The molecule has 25 heavy (non-hydrogen) atoms. The number of nitrogens with zero attached hydrogens (tertiary/aromatic N) is 4. The van der Waals surface area contributed by atoms with Crippen LogP contribution in [-0.2, 0) is 0 Å². The molecule has 3 heterocycles. The summed E-state index contributed by atoms with van der Waals surface area (Å²) in [6.45, 7) is 1.70. The quantitative estimate of drug-likeness (QED) is 0.414. The standard InChI is InChI=1S/C18H18N6O/c1-19-9-5-10-20-18-16-15(12-6-2-3-7-13(12)23-24-16)21-17(22-18)14-8-4-11-25-14/h2-4,6-8,11,19H,5,9-10H2,1H3,(H,20,21,22). The molecule has 0 bridgehead atoms. The van der Waals surface area contributed by atoms with Gasteiger partial charge in [-0.25, -0.2) is 9.97 Å². The fourth-order valence-corrected chi connectivity index (χ4v) is 2.71. The molecule has 7 nitrogen and oxygen atoms in total. The molecule has 4 aromatic rings. The maximum absolute atomic E-state index is 5.48. The van der Waals surface area contributed by atoms with E-state index in [1.54, 1.807) is 6.26 Å². The first-order chi connectivity index (χ1) is 12.4. The van der Waals surface area contributed by atoms with E-state index in [1.165, 1.54) is 0 Å². The average Bonchev–Trinajstić information content (AvgIpc) is 3.19. The molecule has 0 saturated carbocycles. The van der Waals surface area contributed by atoms with Crippen LogP contribution >= 0.6 is 0 Å². The van der Waals surface area contributed by atoms with E-state index >= 15 is 0 Å². The Balaban J connectivity index is 1.87. The van der Waals surface area contributed by atoms with E-state index < -0.39 is 0 Å². The van der Waals surface area contributed by atoms with Crippen LogP contribution < -0.4 is 10.6 Å². The Morgan fingerprint density at radius 2 is 1.88 bits per heavy atom. The molecule has 0 amide bonds. The van der Waals surface area contributed by atoms with Gasteiger partial charge in [-0.15, -0.1) is 10.2 Å². The van der Waals surface area contributed by atoms with E-state index in [9.17, 15) is 0 Å². The Labute approximate surface area is 144 Å². The van der Waals surface area contributed by atoms with Crippen LogP contribution in [0, 0.1) is 0 Å². The van der Waals surface area contributed by atoms with Crippen molar-refractivity contribution in [3.63, 3.8) is 0 Å². The fraction of sp³-hybridized carbons (Fsp3) is 0.222. The maximum Gasteiger partial charge on any atom is 0.198 e. The van der Waals surface area contributed by atoms with Gasteiger partial charge in [0.1, 0.15) is 5.52 Å². The van der Waals surface area contributed by atoms with Crippen molar-refractivity contribution in [2.24, 2.45) is 0 Å². The topological polar surface area (TPSA) is 88.8 Å². The number of aromatic nitrogens is 4. The lowest BCUT2D eigenvalue weighted by Crippen LogP contribution is -2.14. The molecular formula is C18H18N6O. The summed E-state index contributed by atoms with van der Waals surface area (Å²) < 4.78 is 5.48. The van der Waals surface area contributed by atoms with Gasteiger partial charge in [-0.3, -0.25) is 0 Å².